The van der Waals surface area contributed by atoms with Crippen molar-refractivity contribution in [3.63, 3.8) is 0 Å². The van der Waals surface area contributed by atoms with Gasteiger partial charge < -0.3 is 5.32 Å². The molecule has 106 valence electrons. The molecule has 4 nitrogen and oxygen atoms in total. The molecule has 0 bridgehead atoms. The second-order valence-corrected chi connectivity index (χ2v) is 7.62. The van der Waals surface area contributed by atoms with E-state index in [1.165, 1.54) is 0 Å². The zero-order chi connectivity index (χ0) is 14.0. The molecular formula is C13H19BrN2O2S. The van der Waals surface area contributed by atoms with Gasteiger partial charge in [-0.15, -0.1) is 0 Å². The maximum atomic E-state index is 12.8. The van der Waals surface area contributed by atoms with E-state index in [-0.39, 0.29) is 6.04 Å². The molecule has 1 unspecified atom stereocenters. The van der Waals surface area contributed by atoms with E-state index in [9.17, 15) is 8.42 Å². The average molecular weight is 347 g/mol. The highest BCUT2D eigenvalue weighted by Gasteiger charge is 2.35. The summed E-state index contributed by atoms with van der Waals surface area (Å²) in [7, 11) is -1.56. The van der Waals surface area contributed by atoms with E-state index in [1.54, 1.807) is 16.4 Å². The van der Waals surface area contributed by atoms with Crippen LogP contribution in [0.4, 0.5) is 0 Å². The van der Waals surface area contributed by atoms with Crippen molar-refractivity contribution in [2.75, 3.05) is 20.1 Å². The Bertz CT molecular complexity index is 560. The molecule has 6 heteroatoms. The largest absolute Gasteiger partial charge is 0.318 e. The lowest BCUT2D eigenvalue weighted by atomic mass is 10.2. The summed E-state index contributed by atoms with van der Waals surface area (Å²) in [5.74, 6) is 0. The third kappa shape index (κ3) is 3.02. The number of hydrogen-bond donors (Lipinski definition) is 1. The number of nitrogens with one attached hydrogen (secondary N) is 1. The van der Waals surface area contributed by atoms with Crippen molar-refractivity contribution >= 4 is 26.0 Å². The Morgan fingerprint density at radius 3 is 2.89 bits per heavy atom. The Morgan fingerprint density at radius 2 is 2.21 bits per heavy atom. The van der Waals surface area contributed by atoms with E-state index in [4.69, 9.17) is 0 Å². The minimum atomic E-state index is -3.42. The highest BCUT2D eigenvalue weighted by atomic mass is 79.9. The van der Waals surface area contributed by atoms with Crippen LogP contribution in [0.15, 0.2) is 27.6 Å². The van der Waals surface area contributed by atoms with E-state index in [0.29, 0.717) is 22.5 Å². The van der Waals surface area contributed by atoms with Gasteiger partial charge in [0.25, 0.3) is 0 Å². The van der Waals surface area contributed by atoms with Crippen LogP contribution in [0.2, 0.25) is 0 Å². The quantitative estimate of drug-likeness (QED) is 0.908. The fraction of sp³-hybridized carbons (Fsp3) is 0.538. The Kier molecular flexibility index (Phi) is 4.66. The SMILES string of the molecule is CNCC1CCCN1S(=O)(=O)c1cc(C)ccc1Br. The molecule has 1 N–H and O–H groups in total. The molecule has 1 heterocycles. The molecule has 1 aromatic carbocycles. The maximum Gasteiger partial charge on any atom is 0.244 e. The molecule has 1 saturated heterocycles. The van der Waals surface area contributed by atoms with Crippen molar-refractivity contribution < 1.29 is 8.42 Å². The molecule has 0 aromatic heterocycles. The number of benzene rings is 1. The molecule has 0 saturated carbocycles. The van der Waals surface area contributed by atoms with Crippen LogP contribution in [0, 0.1) is 6.92 Å². The molecule has 0 radical (unpaired) electrons. The van der Waals surface area contributed by atoms with Gasteiger partial charge in [0.2, 0.25) is 10.0 Å². The molecule has 0 aliphatic carbocycles. The first-order valence-corrected chi connectivity index (χ1v) is 8.62. The number of likely N-dealkylation sites (N-methyl/N-ethyl adjacent to an activating group) is 1. The molecule has 1 fully saturated rings. The van der Waals surface area contributed by atoms with Crippen molar-refractivity contribution in [1.29, 1.82) is 0 Å². The van der Waals surface area contributed by atoms with Gasteiger partial charge in [0.05, 0.1) is 4.90 Å². The number of halogens is 1. The average Bonchev–Trinajstić information content (AvgIpc) is 2.81. The van der Waals surface area contributed by atoms with Gasteiger partial charge in [0, 0.05) is 23.6 Å². The second-order valence-electron chi connectivity index (χ2n) is 4.90. The minimum Gasteiger partial charge on any atom is -0.318 e. The molecule has 0 amide bonds. The lowest BCUT2D eigenvalue weighted by Gasteiger charge is -2.24. The third-order valence-electron chi connectivity index (χ3n) is 3.44. The zero-order valence-electron chi connectivity index (χ0n) is 11.2. The third-order valence-corrected chi connectivity index (χ3v) is 6.38. The van der Waals surface area contributed by atoms with Crippen LogP contribution in [0.3, 0.4) is 0 Å². The summed E-state index contributed by atoms with van der Waals surface area (Å²) in [6.07, 6.45) is 1.85. The first-order valence-electron chi connectivity index (χ1n) is 6.39. The number of hydrogen-bond acceptors (Lipinski definition) is 3. The van der Waals surface area contributed by atoms with Gasteiger partial charge in [0.1, 0.15) is 0 Å². The molecule has 1 atom stereocenters. The number of sulfonamides is 1. The summed E-state index contributed by atoms with van der Waals surface area (Å²) in [6, 6.07) is 5.49. The number of aryl methyl sites for hydroxylation is 1. The maximum absolute atomic E-state index is 12.8. The van der Waals surface area contributed by atoms with Gasteiger partial charge >= 0.3 is 0 Å². The van der Waals surface area contributed by atoms with Gasteiger partial charge in [-0.1, -0.05) is 6.07 Å². The van der Waals surface area contributed by atoms with Crippen molar-refractivity contribution in [2.45, 2.75) is 30.7 Å². The summed E-state index contributed by atoms with van der Waals surface area (Å²) in [5, 5.41) is 3.07. The first kappa shape index (κ1) is 15.0. The van der Waals surface area contributed by atoms with E-state index in [2.05, 4.69) is 21.2 Å². The molecule has 1 aliphatic heterocycles. The van der Waals surface area contributed by atoms with Crippen LogP contribution in [0.5, 0.6) is 0 Å². The molecule has 1 aromatic rings. The van der Waals surface area contributed by atoms with Gasteiger partial charge in [-0.3, -0.25) is 0 Å². The summed E-state index contributed by atoms with van der Waals surface area (Å²) >= 11 is 3.35. The van der Waals surface area contributed by atoms with Crippen LogP contribution in [-0.2, 0) is 10.0 Å². The van der Waals surface area contributed by atoms with Gasteiger partial charge in [-0.25, -0.2) is 8.42 Å². The summed E-state index contributed by atoms with van der Waals surface area (Å²) in [4.78, 5) is 0.371. The number of nitrogens with zero attached hydrogens (tertiary/aromatic N) is 1. The van der Waals surface area contributed by atoms with Crippen molar-refractivity contribution in [2.24, 2.45) is 0 Å². The monoisotopic (exact) mass is 346 g/mol. The first-order chi connectivity index (χ1) is 8.96. The van der Waals surface area contributed by atoms with Crippen molar-refractivity contribution in [3.8, 4) is 0 Å². The van der Waals surface area contributed by atoms with Gasteiger partial charge in [0.15, 0.2) is 0 Å². The highest BCUT2D eigenvalue weighted by molar-refractivity contribution is 9.10. The highest BCUT2D eigenvalue weighted by Crippen LogP contribution is 2.30. The smallest absolute Gasteiger partial charge is 0.244 e. The van der Waals surface area contributed by atoms with Crippen LogP contribution in [-0.4, -0.2) is 38.9 Å². The summed E-state index contributed by atoms with van der Waals surface area (Å²) < 4.78 is 27.8. The topological polar surface area (TPSA) is 49.4 Å². The molecule has 2 rings (SSSR count). The minimum absolute atomic E-state index is 0.0578. The molecular weight excluding hydrogens is 328 g/mol. The van der Waals surface area contributed by atoms with Crippen LogP contribution in [0.1, 0.15) is 18.4 Å². The molecule has 1 aliphatic rings. The fourth-order valence-corrected chi connectivity index (χ4v) is 5.20. The second kappa shape index (κ2) is 5.91. The Hall–Kier alpha value is -0.430. The zero-order valence-corrected chi connectivity index (χ0v) is 13.6. The van der Waals surface area contributed by atoms with E-state index < -0.39 is 10.0 Å². The lowest BCUT2D eigenvalue weighted by molar-refractivity contribution is 0.379. The lowest BCUT2D eigenvalue weighted by Crippen LogP contribution is -2.40. The molecule has 19 heavy (non-hydrogen) atoms. The van der Waals surface area contributed by atoms with E-state index >= 15 is 0 Å². The normalized spacial score (nSPS) is 20.9. The van der Waals surface area contributed by atoms with Crippen LogP contribution >= 0.6 is 15.9 Å². The van der Waals surface area contributed by atoms with Crippen molar-refractivity contribution in [1.82, 2.24) is 9.62 Å². The summed E-state index contributed by atoms with van der Waals surface area (Å²) in [5.41, 5.74) is 0.950. The number of rotatable bonds is 4. The molecule has 0 spiro atoms. The predicted molar refractivity (Wildman–Crippen MR) is 79.7 cm³/mol. The van der Waals surface area contributed by atoms with E-state index in [1.807, 2.05) is 20.0 Å². The summed E-state index contributed by atoms with van der Waals surface area (Å²) in [6.45, 7) is 3.21. The van der Waals surface area contributed by atoms with Crippen LogP contribution in [0.25, 0.3) is 0 Å². The van der Waals surface area contributed by atoms with Gasteiger partial charge in [-0.05, 0) is 60.4 Å². The Labute approximate surface area is 123 Å². The standard InChI is InChI=1S/C13H19BrN2O2S/c1-10-5-6-12(14)13(8-10)19(17,18)16-7-3-4-11(16)9-15-2/h5-6,8,11,15H,3-4,7,9H2,1-2H3. The van der Waals surface area contributed by atoms with Crippen molar-refractivity contribution in [3.05, 3.63) is 28.2 Å². The predicted octanol–water partition coefficient (Wildman–Crippen LogP) is 2.13. The van der Waals surface area contributed by atoms with Gasteiger partial charge in [-0.2, -0.15) is 4.31 Å². The Balaban J connectivity index is 2.39. The Morgan fingerprint density at radius 1 is 1.47 bits per heavy atom. The van der Waals surface area contributed by atoms with Crippen LogP contribution < -0.4 is 5.32 Å². The van der Waals surface area contributed by atoms with E-state index in [0.717, 1.165) is 18.4 Å². The fourth-order valence-electron chi connectivity index (χ4n) is 2.50.